The van der Waals surface area contributed by atoms with Crippen molar-refractivity contribution in [3.63, 3.8) is 0 Å². The molecule has 0 saturated carbocycles. The molecule has 1 aromatic carbocycles. The Morgan fingerprint density at radius 2 is 2.24 bits per heavy atom. The predicted molar refractivity (Wildman–Crippen MR) is 62.1 cm³/mol. The number of carboxylic acids is 1. The van der Waals surface area contributed by atoms with E-state index in [2.05, 4.69) is 10.2 Å². The van der Waals surface area contributed by atoms with E-state index in [1.807, 2.05) is 0 Å². The van der Waals surface area contributed by atoms with Gasteiger partial charge >= 0.3 is 5.97 Å². The van der Waals surface area contributed by atoms with Crippen LogP contribution in [0.3, 0.4) is 0 Å². The zero-order valence-corrected chi connectivity index (χ0v) is 9.39. The fraction of sp³-hybridized carbons (Fsp3) is 0. The third kappa shape index (κ3) is 2.31. The van der Waals surface area contributed by atoms with Gasteiger partial charge in [0.05, 0.1) is 5.56 Å². The van der Waals surface area contributed by atoms with E-state index in [4.69, 9.17) is 16.7 Å². The lowest BCUT2D eigenvalue weighted by Gasteiger charge is -2.05. The van der Waals surface area contributed by atoms with E-state index in [-0.39, 0.29) is 5.56 Å². The number of hydrogen-bond donors (Lipinski definition) is 3. The van der Waals surface area contributed by atoms with Gasteiger partial charge in [0.15, 0.2) is 0 Å². The maximum atomic E-state index is 11.0. The summed E-state index contributed by atoms with van der Waals surface area (Å²) in [5.41, 5.74) is 6.04. The molecule has 0 bridgehead atoms. The minimum absolute atomic E-state index is 0.109. The molecule has 0 aliphatic carbocycles. The van der Waals surface area contributed by atoms with Crippen molar-refractivity contribution in [2.24, 2.45) is 0 Å². The molecule has 5 N–H and O–H groups in total. The lowest BCUT2D eigenvalue weighted by Crippen LogP contribution is -2.08. The van der Waals surface area contributed by atoms with Crippen molar-refractivity contribution in [1.82, 2.24) is 14.9 Å². The second kappa shape index (κ2) is 4.34. The number of nitrogens with two attached hydrogens (primary N) is 2. The van der Waals surface area contributed by atoms with E-state index in [0.717, 1.165) is 11.8 Å². The Labute approximate surface area is 100 Å². The molecule has 0 amide bonds. The number of nitrogen functional groups attached to an aromatic ring is 2. The van der Waals surface area contributed by atoms with Crippen LogP contribution in [0.15, 0.2) is 34.6 Å². The van der Waals surface area contributed by atoms with Crippen LogP contribution in [0.25, 0.3) is 0 Å². The van der Waals surface area contributed by atoms with Gasteiger partial charge in [0.25, 0.3) is 0 Å². The Morgan fingerprint density at radius 3 is 2.82 bits per heavy atom. The first-order valence-electron chi connectivity index (χ1n) is 4.53. The molecule has 8 heteroatoms. The first-order valence-corrected chi connectivity index (χ1v) is 5.35. The Bertz CT molecular complexity index is 568. The molecule has 1 aromatic heterocycles. The lowest BCUT2D eigenvalue weighted by molar-refractivity contribution is 0.0693. The molecule has 2 rings (SSSR count). The summed E-state index contributed by atoms with van der Waals surface area (Å²) in [4.78, 5) is 11.6. The van der Waals surface area contributed by atoms with E-state index in [0.29, 0.717) is 15.7 Å². The average molecular weight is 251 g/mol. The smallest absolute Gasteiger partial charge is 0.336 e. The van der Waals surface area contributed by atoms with E-state index in [9.17, 15) is 4.79 Å². The van der Waals surface area contributed by atoms with Crippen LogP contribution in [0.4, 0.5) is 5.69 Å². The van der Waals surface area contributed by atoms with Gasteiger partial charge in [-0.15, -0.1) is 10.2 Å². The molecule has 7 nitrogen and oxygen atoms in total. The van der Waals surface area contributed by atoms with Gasteiger partial charge in [0.2, 0.25) is 5.16 Å². The van der Waals surface area contributed by atoms with Crippen LogP contribution in [0.1, 0.15) is 10.4 Å². The van der Waals surface area contributed by atoms with Crippen molar-refractivity contribution in [3.8, 4) is 0 Å². The molecule has 0 spiro atoms. The van der Waals surface area contributed by atoms with Gasteiger partial charge in [-0.3, -0.25) is 0 Å². The minimum Gasteiger partial charge on any atom is -0.478 e. The highest BCUT2D eigenvalue weighted by molar-refractivity contribution is 7.99. The third-order valence-corrected chi connectivity index (χ3v) is 3.03. The molecule has 2 aromatic rings. The fourth-order valence-corrected chi connectivity index (χ4v) is 2.04. The number of rotatable bonds is 3. The van der Waals surface area contributed by atoms with Gasteiger partial charge in [-0.2, -0.15) is 0 Å². The molecule has 0 aliphatic heterocycles. The summed E-state index contributed by atoms with van der Waals surface area (Å²) < 4.78 is 1.21. The normalized spacial score (nSPS) is 10.4. The number of aromatic carboxylic acids is 1. The van der Waals surface area contributed by atoms with Gasteiger partial charge in [0.1, 0.15) is 6.33 Å². The van der Waals surface area contributed by atoms with E-state index >= 15 is 0 Å². The van der Waals surface area contributed by atoms with Gasteiger partial charge in [0, 0.05) is 10.6 Å². The summed E-state index contributed by atoms with van der Waals surface area (Å²) in [6.45, 7) is 0. The van der Waals surface area contributed by atoms with Crippen molar-refractivity contribution in [1.29, 1.82) is 0 Å². The Balaban J connectivity index is 2.39. The number of hydrogen-bond acceptors (Lipinski definition) is 6. The first-order chi connectivity index (χ1) is 8.08. The molecule has 17 heavy (non-hydrogen) atoms. The summed E-state index contributed by atoms with van der Waals surface area (Å²) in [5.74, 6) is 4.49. The molecule has 0 saturated heterocycles. The van der Waals surface area contributed by atoms with Crippen LogP contribution in [-0.2, 0) is 0 Å². The van der Waals surface area contributed by atoms with E-state index < -0.39 is 5.97 Å². The lowest BCUT2D eigenvalue weighted by atomic mass is 10.2. The topological polar surface area (TPSA) is 120 Å². The minimum atomic E-state index is -1.05. The largest absolute Gasteiger partial charge is 0.478 e. The highest BCUT2D eigenvalue weighted by Gasteiger charge is 2.14. The number of benzene rings is 1. The molecule has 0 radical (unpaired) electrons. The van der Waals surface area contributed by atoms with Crippen molar-refractivity contribution in [3.05, 3.63) is 30.1 Å². The molecular formula is C9H9N5O2S. The second-order valence-electron chi connectivity index (χ2n) is 3.18. The van der Waals surface area contributed by atoms with Crippen molar-refractivity contribution in [2.45, 2.75) is 10.1 Å². The summed E-state index contributed by atoms with van der Waals surface area (Å²) in [6.07, 6.45) is 1.33. The fourth-order valence-electron chi connectivity index (χ4n) is 1.21. The van der Waals surface area contributed by atoms with Crippen molar-refractivity contribution >= 4 is 23.4 Å². The number of aromatic nitrogens is 3. The molecule has 0 unspecified atom stereocenters. The van der Waals surface area contributed by atoms with Crippen LogP contribution >= 0.6 is 11.8 Å². The molecule has 0 fully saturated rings. The third-order valence-electron chi connectivity index (χ3n) is 1.98. The second-order valence-corrected chi connectivity index (χ2v) is 4.19. The Hall–Kier alpha value is -2.22. The highest BCUT2D eigenvalue weighted by Crippen LogP contribution is 2.29. The van der Waals surface area contributed by atoms with E-state index in [1.165, 1.54) is 17.1 Å². The number of carboxylic acid groups (broad SMARTS) is 1. The SMILES string of the molecule is Nc1ccc(Sc2nncn2N)c(C(=O)O)c1. The summed E-state index contributed by atoms with van der Waals surface area (Å²) in [5, 5.41) is 16.8. The van der Waals surface area contributed by atoms with Gasteiger partial charge in [-0.05, 0) is 30.0 Å². The summed E-state index contributed by atoms with van der Waals surface area (Å²) in [6, 6.07) is 4.62. The molecule has 0 aliphatic rings. The first kappa shape index (κ1) is 11.3. The van der Waals surface area contributed by atoms with Gasteiger partial charge < -0.3 is 16.7 Å². The van der Waals surface area contributed by atoms with Crippen LogP contribution in [0, 0.1) is 0 Å². The quantitative estimate of drug-likeness (QED) is 0.534. The molecule has 88 valence electrons. The monoisotopic (exact) mass is 251 g/mol. The Kier molecular flexibility index (Phi) is 2.88. The molecule has 1 heterocycles. The maximum Gasteiger partial charge on any atom is 0.336 e. The van der Waals surface area contributed by atoms with Crippen LogP contribution < -0.4 is 11.6 Å². The van der Waals surface area contributed by atoms with Crippen LogP contribution in [0.2, 0.25) is 0 Å². The van der Waals surface area contributed by atoms with Crippen molar-refractivity contribution < 1.29 is 9.90 Å². The standard InChI is InChI=1S/C9H9N5O2S/c10-5-1-2-7(6(3-5)8(15)16)17-9-13-12-4-14(9)11/h1-4H,10-11H2,(H,15,16). The van der Waals surface area contributed by atoms with Gasteiger partial charge in [-0.25, -0.2) is 9.47 Å². The maximum absolute atomic E-state index is 11.0. The van der Waals surface area contributed by atoms with Crippen LogP contribution in [0.5, 0.6) is 0 Å². The number of anilines is 1. The zero-order chi connectivity index (χ0) is 12.4. The van der Waals surface area contributed by atoms with E-state index in [1.54, 1.807) is 12.1 Å². The van der Waals surface area contributed by atoms with Crippen molar-refractivity contribution in [2.75, 3.05) is 11.6 Å². The summed E-state index contributed by atoms with van der Waals surface area (Å²) in [7, 11) is 0. The van der Waals surface area contributed by atoms with Crippen LogP contribution in [-0.4, -0.2) is 25.9 Å². The Morgan fingerprint density at radius 1 is 1.47 bits per heavy atom. The summed E-state index contributed by atoms with van der Waals surface area (Å²) >= 11 is 1.11. The van der Waals surface area contributed by atoms with Gasteiger partial charge in [-0.1, -0.05) is 0 Å². The molecule has 0 atom stereocenters. The average Bonchev–Trinajstić information content (AvgIpc) is 2.67. The number of carbonyl (C=O) groups is 1. The number of nitrogens with zero attached hydrogens (tertiary/aromatic N) is 3. The zero-order valence-electron chi connectivity index (χ0n) is 8.57. The highest BCUT2D eigenvalue weighted by atomic mass is 32.2. The predicted octanol–water partition coefficient (Wildman–Crippen LogP) is 0.423. The molecular weight excluding hydrogens is 242 g/mol.